The number of aromatic nitrogens is 2. The lowest BCUT2D eigenvalue weighted by molar-refractivity contribution is -0.123. The molecule has 1 aliphatic rings. The van der Waals surface area contributed by atoms with Crippen molar-refractivity contribution in [2.45, 2.75) is 38.4 Å². The number of hydrogen-bond donors (Lipinski definition) is 1. The first-order chi connectivity index (χ1) is 11.7. The number of carbonyl (C=O) groups excluding carboxylic acids is 1. The van der Waals surface area contributed by atoms with Gasteiger partial charge in [-0.3, -0.25) is 14.4 Å². The monoisotopic (exact) mass is 330 g/mol. The van der Waals surface area contributed by atoms with E-state index in [1.165, 1.54) is 12.5 Å². The molecule has 0 bridgehead atoms. The number of benzene rings is 1. The molecule has 6 heteroatoms. The van der Waals surface area contributed by atoms with E-state index in [1.54, 1.807) is 24.4 Å². The molecule has 1 saturated heterocycles. The van der Waals surface area contributed by atoms with Gasteiger partial charge in [0.25, 0.3) is 0 Å². The van der Waals surface area contributed by atoms with Crippen LogP contribution in [0.3, 0.4) is 0 Å². The van der Waals surface area contributed by atoms with Crippen molar-refractivity contribution in [2.24, 2.45) is 0 Å². The van der Waals surface area contributed by atoms with Crippen LogP contribution >= 0.6 is 0 Å². The number of carbonyl (C=O) groups is 1. The summed E-state index contributed by atoms with van der Waals surface area (Å²) in [4.78, 5) is 14.5. The highest BCUT2D eigenvalue weighted by Gasteiger charge is 2.24. The van der Waals surface area contributed by atoms with Crippen molar-refractivity contribution in [1.82, 2.24) is 20.0 Å². The van der Waals surface area contributed by atoms with E-state index >= 15 is 0 Å². The highest BCUT2D eigenvalue weighted by Crippen LogP contribution is 2.18. The van der Waals surface area contributed by atoms with Gasteiger partial charge in [0.05, 0.1) is 13.1 Å². The van der Waals surface area contributed by atoms with E-state index in [0.29, 0.717) is 18.2 Å². The molecular formula is C18H23FN4O. The first-order valence-corrected chi connectivity index (χ1v) is 8.44. The standard InChI is InChI=1S/C18H23FN4O/c19-17-8-2-1-6-15(17)12-20-18(24)14-22-10-4-3-7-16(22)13-23-11-5-9-21-23/h1-2,5-6,8-9,11,16H,3-4,7,10,12-14H2,(H,20,24)/t16-/m0/s1. The molecule has 1 amide bonds. The molecule has 0 radical (unpaired) electrons. The molecule has 2 heterocycles. The summed E-state index contributed by atoms with van der Waals surface area (Å²) in [6.07, 6.45) is 7.08. The number of halogens is 1. The van der Waals surface area contributed by atoms with Gasteiger partial charge in [0.1, 0.15) is 5.82 Å². The molecule has 1 N–H and O–H groups in total. The van der Waals surface area contributed by atoms with Gasteiger partial charge in [-0.25, -0.2) is 4.39 Å². The van der Waals surface area contributed by atoms with Gasteiger partial charge in [-0.1, -0.05) is 24.6 Å². The zero-order valence-corrected chi connectivity index (χ0v) is 13.7. The van der Waals surface area contributed by atoms with Crippen LogP contribution in [0, 0.1) is 5.82 Å². The Morgan fingerprint density at radius 2 is 2.17 bits per heavy atom. The van der Waals surface area contributed by atoms with Gasteiger partial charge in [-0.2, -0.15) is 5.10 Å². The third-order valence-electron chi connectivity index (χ3n) is 4.49. The van der Waals surface area contributed by atoms with E-state index in [1.807, 2.05) is 16.9 Å². The van der Waals surface area contributed by atoms with Crippen LogP contribution in [0.1, 0.15) is 24.8 Å². The minimum atomic E-state index is -0.285. The van der Waals surface area contributed by atoms with E-state index in [2.05, 4.69) is 15.3 Å². The number of rotatable bonds is 6. The highest BCUT2D eigenvalue weighted by atomic mass is 19.1. The molecule has 24 heavy (non-hydrogen) atoms. The van der Waals surface area contributed by atoms with Gasteiger partial charge < -0.3 is 5.32 Å². The Kier molecular flexibility index (Phi) is 5.59. The molecule has 3 rings (SSSR count). The molecule has 0 saturated carbocycles. The Labute approximate surface area is 141 Å². The predicted molar refractivity (Wildman–Crippen MR) is 89.7 cm³/mol. The van der Waals surface area contributed by atoms with Crippen LogP contribution in [0.15, 0.2) is 42.7 Å². The summed E-state index contributed by atoms with van der Waals surface area (Å²) in [6.45, 7) is 2.29. The zero-order chi connectivity index (χ0) is 16.8. The van der Waals surface area contributed by atoms with Gasteiger partial charge in [0.2, 0.25) is 5.91 Å². The molecule has 0 spiro atoms. The van der Waals surface area contributed by atoms with Gasteiger partial charge in [0.15, 0.2) is 0 Å². The molecular weight excluding hydrogens is 307 g/mol. The maximum atomic E-state index is 13.6. The van der Waals surface area contributed by atoms with Crippen LogP contribution in [0.4, 0.5) is 4.39 Å². The summed E-state index contributed by atoms with van der Waals surface area (Å²) in [5.41, 5.74) is 0.512. The van der Waals surface area contributed by atoms with Crippen molar-refractivity contribution >= 4 is 5.91 Å². The third kappa shape index (κ3) is 4.41. The molecule has 0 unspecified atom stereocenters. The number of nitrogens with one attached hydrogen (secondary N) is 1. The number of amides is 1. The fraction of sp³-hybridized carbons (Fsp3) is 0.444. The Morgan fingerprint density at radius 1 is 1.29 bits per heavy atom. The van der Waals surface area contributed by atoms with Crippen LogP contribution in [0.25, 0.3) is 0 Å². The largest absolute Gasteiger partial charge is 0.351 e. The van der Waals surface area contributed by atoms with Crippen LogP contribution in [0.2, 0.25) is 0 Å². The first kappa shape index (κ1) is 16.6. The van der Waals surface area contributed by atoms with Crippen molar-refractivity contribution in [3.63, 3.8) is 0 Å². The fourth-order valence-corrected chi connectivity index (χ4v) is 3.18. The fourth-order valence-electron chi connectivity index (χ4n) is 3.18. The van der Waals surface area contributed by atoms with Crippen molar-refractivity contribution in [3.8, 4) is 0 Å². The second-order valence-electron chi connectivity index (χ2n) is 6.22. The molecule has 0 aliphatic carbocycles. The molecule has 1 atom stereocenters. The summed E-state index contributed by atoms with van der Waals surface area (Å²) in [5, 5.41) is 7.08. The molecule has 1 fully saturated rings. The third-order valence-corrected chi connectivity index (χ3v) is 4.49. The van der Waals surface area contributed by atoms with Gasteiger partial charge >= 0.3 is 0 Å². The lowest BCUT2D eigenvalue weighted by atomic mass is 10.0. The topological polar surface area (TPSA) is 50.2 Å². The van der Waals surface area contributed by atoms with E-state index < -0.39 is 0 Å². The summed E-state index contributed by atoms with van der Waals surface area (Å²) >= 11 is 0. The summed E-state index contributed by atoms with van der Waals surface area (Å²) in [7, 11) is 0. The molecule has 1 aromatic heterocycles. The van der Waals surface area contributed by atoms with E-state index in [4.69, 9.17) is 0 Å². The maximum absolute atomic E-state index is 13.6. The number of piperidine rings is 1. The molecule has 1 aliphatic heterocycles. The Hall–Kier alpha value is -2.21. The lowest BCUT2D eigenvalue weighted by Crippen LogP contribution is -2.47. The number of likely N-dealkylation sites (tertiary alicyclic amines) is 1. The minimum absolute atomic E-state index is 0.0642. The average Bonchev–Trinajstić information content (AvgIpc) is 3.09. The summed E-state index contributed by atoms with van der Waals surface area (Å²) in [6, 6.07) is 8.75. The average molecular weight is 330 g/mol. The molecule has 128 valence electrons. The number of hydrogen-bond acceptors (Lipinski definition) is 3. The SMILES string of the molecule is O=C(CN1CCCC[C@H]1Cn1cccn1)NCc1ccccc1F. The van der Waals surface area contributed by atoms with Crippen molar-refractivity contribution in [3.05, 3.63) is 54.1 Å². The lowest BCUT2D eigenvalue weighted by Gasteiger charge is -2.35. The minimum Gasteiger partial charge on any atom is -0.351 e. The summed E-state index contributed by atoms with van der Waals surface area (Å²) < 4.78 is 15.5. The summed E-state index contributed by atoms with van der Waals surface area (Å²) in [5.74, 6) is -0.349. The van der Waals surface area contributed by atoms with E-state index in [0.717, 1.165) is 25.9 Å². The first-order valence-electron chi connectivity index (χ1n) is 8.44. The van der Waals surface area contributed by atoms with Crippen molar-refractivity contribution in [2.75, 3.05) is 13.1 Å². The second kappa shape index (κ2) is 8.06. The van der Waals surface area contributed by atoms with Crippen LogP contribution in [-0.4, -0.2) is 39.7 Å². The van der Waals surface area contributed by atoms with Gasteiger partial charge in [-0.15, -0.1) is 0 Å². The maximum Gasteiger partial charge on any atom is 0.234 e. The zero-order valence-electron chi connectivity index (χ0n) is 13.7. The smallest absolute Gasteiger partial charge is 0.234 e. The normalized spacial score (nSPS) is 18.5. The van der Waals surface area contributed by atoms with Crippen LogP contribution in [0.5, 0.6) is 0 Å². The van der Waals surface area contributed by atoms with E-state index in [-0.39, 0.29) is 18.3 Å². The Bertz CT molecular complexity index is 659. The Balaban J connectivity index is 1.52. The second-order valence-corrected chi connectivity index (χ2v) is 6.22. The van der Waals surface area contributed by atoms with Crippen LogP contribution < -0.4 is 5.32 Å². The predicted octanol–water partition coefficient (Wildman–Crippen LogP) is 2.19. The van der Waals surface area contributed by atoms with Gasteiger partial charge in [0, 0.05) is 30.5 Å². The number of nitrogens with zero attached hydrogens (tertiary/aromatic N) is 3. The Morgan fingerprint density at radius 3 is 2.96 bits per heavy atom. The van der Waals surface area contributed by atoms with Gasteiger partial charge in [-0.05, 0) is 31.5 Å². The van der Waals surface area contributed by atoms with Crippen molar-refractivity contribution < 1.29 is 9.18 Å². The highest BCUT2D eigenvalue weighted by molar-refractivity contribution is 5.78. The van der Waals surface area contributed by atoms with Crippen molar-refractivity contribution in [1.29, 1.82) is 0 Å². The quantitative estimate of drug-likeness (QED) is 0.883. The molecule has 5 nitrogen and oxygen atoms in total. The molecule has 2 aromatic rings. The molecule has 1 aromatic carbocycles. The van der Waals surface area contributed by atoms with Crippen LogP contribution in [-0.2, 0) is 17.9 Å². The van der Waals surface area contributed by atoms with E-state index in [9.17, 15) is 9.18 Å².